The van der Waals surface area contributed by atoms with E-state index in [0.717, 1.165) is 17.7 Å². The fourth-order valence-corrected chi connectivity index (χ4v) is 4.20. The van der Waals surface area contributed by atoms with E-state index < -0.39 is 35.0 Å². The molecular formula is C24H22ClF2N3O3. The molecule has 9 heteroatoms. The average Bonchev–Trinajstić information content (AvgIpc) is 3.05. The molecule has 1 aromatic carbocycles. The van der Waals surface area contributed by atoms with Crippen molar-refractivity contribution in [1.82, 2.24) is 14.9 Å². The van der Waals surface area contributed by atoms with Crippen LogP contribution in [0.2, 0.25) is 5.02 Å². The minimum Gasteiger partial charge on any atom is -0.459 e. The molecule has 0 bridgehead atoms. The van der Waals surface area contributed by atoms with Gasteiger partial charge in [0.1, 0.15) is 0 Å². The first-order valence-electron chi connectivity index (χ1n) is 10.3. The predicted molar refractivity (Wildman–Crippen MR) is 121 cm³/mol. The Labute approximate surface area is 194 Å². The summed E-state index contributed by atoms with van der Waals surface area (Å²) < 4.78 is 32.6. The van der Waals surface area contributed by atoms with Crippen LogP contribution in [0.1, 0.15) is 49.3 Å². The number of nitrogens with zero attached hydrogens (tertiary/aromatic N) is 2. The summed E-state index contributed by atoms with van der Waals surface area (Å²) in [6, 6.07) is 4.65. The summed E-state index contributed by atoms with van der Waals surface area (Å²) in [6.45, 7) is 7.40. The van der Waals surface area contributed by atoms with Gasteiger partial charge in [0.15, 0.2) is 11.6 Å². The summed E-state index contributed by atoms with van der Waals surface area (Å²) in [5, 5.41) is 0.433. The normalized spacial score (nSPS) is 15.3. The molecule has 1 aliphatic heterocycles. The van der Waals surface area contributed by atoms with E-state index in [1.165, 1.54) is 23.4 Å². The number of amides is 1. The summed E-state index contributed by atoms with van der Waals surface area (Å²) in [5.74, 6) is -3.40. The maximum atomic E-state index is 13.8. The highest BCUT2D eigenvalue weighted by atomic mass is 35.5. The van der Waals surface area contributed by atoms with Crippen molar-refractivity contribution in [3.05, 3.63) is 70.1 Å². The number of aromatic amines is 1. The number of esters is 1. The number of pyridine rings is 1. The van der Waals surface area contributed by atoms with Crippen molar-refractivity contribution < 1.29 is 23.1 Å². The van der Waals surface area contributed by atoms with E-state index in [9.17, 15) is 18.4 Å². The van der Waals surface area contributed by atoms with Gasteiger partial charge in [0.05, 0.1) is 33.4 Å². The van der Waals surface area contributed by atoms with Gasteiger partial charge < -0.3 is 14.6 Å². The van der Waals surface area contributed by atoms with Gasteiger partial charge in [-0.05, 0) is 38.1 Å². The third kappa shape index (κ3) is 4.23. The molecule has 1 N–H and O–H groups in total. The molecule has 3 aromatic rings. The highest BCUT2D eigenvalue weighted by molar-refractivity contribution is 6.31. The molecule has 2 aromatic heterocycles. The Bertz CT molecular complexity index is 1310. The minimum atomic E-state index is -1.13. The van der Waals surface area contributed by atoms with Crippen LogP contribution in [0.4, 0.5) is 8.78 Å². The molecule has 1 aliphatic rings. The Kier molecular flexibility index (Phi) is 5.74. The number of hydrogen-bond acceptors (Lipinski definition) is 4. The molecular weight excluding hydrogens is 452 g/mol. The van der Waals surface area contributed by atoms with Crippen LogP contribution < -0.4 is 0 Å². The molecule has 0 atom stereocenters. The van der Waals surface area contributed by atoms with Crippen LogP contribution in [0.3, 0.4) is 0 Å². The summed E-state index contributed by atoms with van der Waals surface area (Å²) in [7, 11) is 0. The number of hydrogen-bond donors (Lipinski definition) is 1. The lowest BCUT2D eigenvalue weighted by atomic mass is 9.83. The number of halogens is 3. The number of benzene rings is 1. The number of fused-ring (bicyclic) bond motifs is 3. The molecule has 1 amide bonds. The molecule has 172 valence electrons. The van der Waals surface area contributed by atoms with Crippen LogP contribution in [0, 0.1) is 11.6 Å². The molecule has 0 saturated carbocycles. The Morgan fingerprint density at radius 2 is 1.94 bits per heavy atom. The Morgan fingerprint density at radius 3 is 2.61 bits per heavy atom. The lowest BCUT2D eigenvalue weighted by molar-refractivity contribution is -0.140. The van der Waals surface area contributed by atoms with E-state index in [0.29, 0.717) is 21.7 Å². The molecule has 4 rings (SSSR count). The molecule has 0 aliphatic carbocycles. The van der Waals surface area contributed by atoms with Crippen LogP contribution in [0.25, 0.3) is 16.6 Å². The second-order valence-electron chi connectivity index (χ2n) is 8.87. The zero-order valence-corrected chi connectivity index (χ0v) is 19.3. The lowest BCUT2D eigenvalue weighted by Gasteiger charge is -2.29. The third-order valence-electron chi connectivity index (χ3n) is 5.39. The molecule has 0 saturated heterocycles. The van der Waals surface area contributed by atoms with Crippen LogP contribution in [0.5, 0.6) is 0 Å². The number of rotatable bonds is 3. The van der Waals surface area contributed by atoms with Gasteiger partial charge >= 0.3 is 5.97 Å². The van der Waals surface area contributed by atoms with Gasteiger partial charge in [0.2, 0.25) is 0 Å². The van der Waals surface area contributed by atoms with Crippen molar-refractivity contribution in [2.75, 3.05) is 6.54 Å². The summed E-state index contributed by atoms with van der Waals surface area (Å²) in [4.78, 5) is 35.3. The van der Waals surface area contributed by atoms with Crippen LogP contribution in [-0.4, -0.2) is 39.4 Å². The monoisotopic (exact) mass is 473 g/mol. The van der Waals surface area contributed by atoms with Crippen LogP contribution in [0.15, 0.2) is 36.7 Å². The summed E-state index contributed by atoms with van der Waals surface area (Å²) >= 11 is 6.11. The molecule has 3 heterocycles. The van der Waals surface area contributed by atoms with Gasteiger partial charge in [-0.3, -0.25) is 9.78 Å². The SMILES string of the molecule is CC(C)OC(=O)C1=CN(C(=O)c2ccc(F)c(F)c2)CC(C)(C)c2c1[nH]c1cc(Cl)cnc21. The maximum Gasteiger partial charge on any atom is 0.342 e. The van der Waals surface area contributed by atoms with E-state index in [4.69, 9.17) is 16.3 Å². The van der Waals surface area contributed by atoms with Gasteiger partial charge in [-0.25, -0.2) is 13.6 Å². The predicted octanol–water partition coefficient (Wildman–Crippen LogP) is 5.22. The molecule has 0 unspecified atom stereocenters. The Hall–Kier alpha value is -3.26. The zero-order chi connectivity index (χ0) is 24.1. The van der Waals surface area contributed by atoms with Gasteiger partial charge in [-0.2, -0.15) is 0 Å². The van der Waals surface area contributed by atoms with Crippen LogP contribution >= 0.6 is 11.6 Å². The van der Waals surface area contributed by atoms with Crippen molar-refractivity contribution in [3.63, 3.8) is 0 Å². The lowest BCUT2D eigenvalue weighted by Crippen LogP contribution is -2.37. The number of aromatic nitrogens is 2. The quantitative estimate of drug-likeness (QED) is 0.529. The van der Waals surface area contributed by atoms with Crippen molar-refractivity contribution in [3.8, 4) is 0 Å². The second kappa shape index (κ2) is 8.26. The number of carbonyl (C=O) groups excluding carboxylic acids is 2. The van der Waals surface area contributed by atoms with Crippen molar-refractivity contribution in [2.24, 2.45) is 0 Å². The smallest absolute Gasteiger partial charge is 0.342 e. The number of nitrogens with one attached hydrogen (secondary N) is 1. The largest absolute Gasteiger partial charge is 0.459 e. The van der Waals surface area contributed by atoms with Gasteiger partial charge in [-0.15, -0.1) is 0 Å². The molecule has 6 nitrogen and oxygen atoms in total. The number of H-pyrrole nitrogens is 1. The second-order valence-corrected chi connectivity index (χ2v) is 9.30. The standard InChI is InChI=1S/C24H22ClF2N3O3/c1-12(2)33-23(32)15-10-30(22(31)13-5-6-16(26)17(27)7-13)11-24(3,4)19-20(15)29-18-8-14(25)9-28-21(18)19/h5-10,12,29H,11H2,1-4H3. The summed E-state index contributed by atoms with van der Waals surface area (Å²) in [5.41, 5.74) is 1.85. The van der Waals surface area contributed by atoms with Crippen LogP contribution in [-0.2, 0) is 14.9 Å². The first kappa shape index (κ1) is 22.9. The summed E-state index contributed by atoms with van der Waals surface area (Å²) in [6.07, 6.45) is 2.50. The fourth-order valence-electron chi connectivity index (χ4n) is 4.04. The molecule has 0 radical (unpaired) electrons. The molecule has 33 heavy (non-hydrogen) atoms. The first-order valence-corrected chi connectivity index (χ1v) is 10.7. The van der Waals surface area contributed by atoms with E-state index in [-0.39, 0.29) is 17.7 Å². The van der Waals surface area contributed by atoms with Gasteiger partial charge in [-0.1, -0.05) is 25.4 Å². The number of ether oxygens (including phenoxy) is 1. The maximum absolute atomic E-state index is 13.8. The van der Waals surface area contributed by atoms with Crippen molar-refractivity contribution in [2.45, 2.75) is 39.2 Å². The van der Waals surface area contributed by atoms with Crippen molar-refractivity contribution in [1.29, 1.82) is 0 Å². The van der Waals surface area contributed by atoms with Crippen molar-refractivity contribution >= 4 is 40.1 Å². The Balaban J connectivity index is 1.90. The minimum absolute atomic E-state index is 0.0437. The van der Waals surface area contributed by atoms with Gasteiger partial charge in [0, 0.05) is 35.5 Å². The number of carbonyl (C=O) groups is 2. The van der Waals surface area contributed by atoms with E-state index in [2.05, 4.69) is 9.97 Å². The molecule has 0 fully saturated rings. The van der Waals surface area contributed by atoms with E-state index in [1.807, 2.05) is 13.8 Å². The third-order valence-corrected chi connectivity index (χ3v) is 5.59. The average molecular weight is 474 g/mol. The van der Waals surface area contributed by atoms with E-state index >= 15 is 0 Å². The highest BCUT2D eigenvalue weighted by Gasteiger charge is 2.38. The van der Waals surface area contributed by atoms with E-state index in [1.54, 1.807) is 19.9 Å². The first-order chi connectivity index (χ1) is 15.5. The highest BCUT2D eigenvalue weighted by Crippen LogP contribution is 2.40. The fraction of sp³-hybridized carbons (Fsp3) is 0.292. The topological polar surface area (TPSA) is 75.3 Å². The Morgan fingerprint density at radius 1 is 1.21 bits per heavy atom. The van der Waals surface area contributed by atoms with Gasteiger partial charge in [0.25, 0.3) is 5.91 Å². The molecule has 0 spiro atoms. The zero-order valence-electron chi connectivity index (χ0n) is 18.5.